The number of fused-ring (bicyclic) bond motifs is 1. The van der Waals surface area contributed by atoms with Gasteiger partial charge >= 0.3 is 0 Å². The quantitative estimate of drug-likeness (QED) is 0.879. The molecule has 0 unspecified atom stereocenters. The summed E-state index contributed by atoms with van der Waals surface area (Å²) in [5.41, 5.74) is 6.05. The molecule has 0 saturated carbocycles. The third-order valence-electron chi connectivity index (χ3n) is 3.19. The van der Waals surface area contributed by atoms with E-state index in [9.17, 15) is 14.0 Å². The average Bonchev–Trinajstić information content (AvgIpc) is 2.83. The van der Waals surface area contributed by atoms with Gasteiger partial charge in [0.05, 0.1) is 5.56 Å². The van der Waals surface area contributed by atoms with E-state index in [1.54, 1.807) is 24.3 Å². The number of halogens is 1. The number of carbonyl (C=O) groups is 2. The van der Waals surface area contributed by atoms with Gasteiger partial charge < -0.3 is 15.2 Å². The zero-order valence-corrected chi connectivity index (χ0v) is 11.9. The normalized spacial score (nSPS) is 14.5. The Labute approximate surface area is 131 Å². The van der Waals surface area contributed by atoms with E-state index in [0.717, 1.165) is 0 Å². The molecule has 1 amide bonds. The van der Waals surface area contributed by atoms with Gasteiger partial charge in [0, 0.05) is 6.07 Å². The number of rotatable bonds is 4. The van der Waals surface area contributed by atoms with Crippen molar-refractivity contribution in [2.24, 2.45) is 5.73 Å². The highest BCUT2D eigenvalue weighted by Gasteiger charge is 2.27. The third kappa shape index (κ3) is 3.21. The molecular formula is C17H12FNO4. The monoisotopic (exact) mass is 313 g/mol. The Morgan fingerprint density at radius 1 is 1.22 bits per heavy atom. The molecular weight excluding hydrogens is 301 g/mol. The number of ether oxygens (including phenoxy) is 2. The molecule has 0 aliphatic carbocycles. The van der Waals surface area contributed by atoms with Gasteiger partial charge in [-0.15, -0.1) is 0 Å². The first-order valence-corrected chi connectivity index (χ1v) is 6.78. The second-order valence-corrected chi connectivity index (χ2v) is 4.90. The minimum Gasteiger partial charge on any atom is -0.484 e. The second-order valence-electron chi connectivity index (χ2n) is 4.90. The highest BCUT2D eigenvalue weighted by atomic mass is 19.1. The summed E-state index contributed by atoms with van der Waals surface area (Å²) in [5, 5.41) is 0. The van der Waals surface area contributed by atoms with E-state index >= 15 is 0 Å². The zero-order chi connectivity index (χ0) is 16.4. The van der Waals surface area contributed by atoms with Crippen LogP contribution in [0.25, 0.3) is 6.08 Å². The van der Waals surface area contributed by atoms with Gasteiger partial charge in [0.2, 0.25) is 5.78 Å². The van der Waals surface area contributed by atoms with Crippen LogP contribution in [0.1, 0.15) is 15.9 Å². The molecule has 116 valence electrons. The van der Waals surface area contributed by atoms with E-state index in [4.69, 9.17) is 15.2 Å². The molecule has 1 aliphatic rings. The molecule has 3 rings (SSSR count). The number of carbonyl (C=O) groups excluding carboxylic acids is 2. The van der Waals surface area contributed by atoms with Crippen LogP contribution in [0.15, 0.2) is 48.2 Å². The predicted octanol–water partition coefficient (Wildman–Crippen LogP) is 2.31. The van der Waals surface area contributed by atoms with Gasteiger partial charge in [-0.25, -0.2) is 4.39 Å². The van der Waals surface area contributed by atoms with Crippen LogP contribution in [0.5, 0.6) is 11.5 Å². The van der Waals surface area contributed by atoms with Crippen LogP contribution in [0, 0.1) is 5.82 Å². The summed E-state index contributed by atoms with van der Waals surface area (Å²) in [6.07, 6.45) is 1.53. The largest absolute Gasteiger partial charge is 0.484 e. The van der Waals surface area contributed by atoms with E-state index in [2.05, 4.69) is 0 Å². The van der Waals surface area contributed by atoms with Crippen LogP contribution in [0.2, 0.25) is 0 Å². The molecule has 0 saturated heterocycles. The number of nitrogens with two attached hydrogens (primary N) is 1. The first-order chi connectivity index (χ1) is 11.0. The molecule has 6 heteroatoms. The fraction of sp³-hybridized carbons (Fsp3) is 0.0588. The van der Waals surface area contributed by atoms with Crippen molar-refractivity contribution in [3.8, 4) is 11.5 Å². The van der Waals surface area contributed by atoms with E-state index in [1.165, 1.54) is 24.3 Å². The maximum Gasteiger partial charge on any atom is 0.255 e. The molecule has 1 aliphatic heterocycles. The lowest BCUT2D eigenvalue weighted by molar-refractivity contribution is -0.119. The summed E-state index contributed by atoms with van der Waals surface area (Å²) in [4.78, 5) is 23.0. The van der Waals surface area contributed by atoms with Crippen molar-refractivity contribution < 1.29 is 23.5 Å². The van der Waals surface area contributed by atoms with Crippen molar-refractivity contribution >= 4 is 17.8 Å². The highest BCUT2D eigenvalue weighted by molar-refractivity contribution is 6.14. The summed E-state index contributed by atoms with van der Waals surface area (Å²) in [6, 6.07) is 10.3. The molecule has 1 heterocycles. The maximum atomic E-state index is 12.9. The van der Waals surface area contributed by atoms with Gasteiger partial charge in [-0.3, -0.25) is 9.59 Å². The van der Waals surface area contributed by atoms with Gasteiger partial charge in [-0.1, -0.05) is 12.1 Å². The summed E-state index contributed by atoms with van der Waals surface area (Å²) < 4.78 is 23.6. The third-order valence-corrected chi connectivity index (χ3v) is 3.19. The van der Waals surface area contributed by atoms with Crippen molar-refractivity contribution in [2.75, 3.05) is 6.61 Å². The number of allylic oxidation sites excluding steroid dienone is 1. The minimum absolute atomic E-state index is 0.138. The van der Waals surface area contributed by atoms with Crippen LogP contribution < -0.4 is 15.2 Å². The Morgan fingerprint density at radius 2 is 1.96 bits per heavy atom. The molecule has 0 spiro atoms. The Bertz CT molecular complexity index is 812. The molecule has 2 aromatic rings. The average molecular weight is 313 g/mol. The molecule has 2 N–H and O–H groups in total. The fourth-order valence-electron chi connectivity index (χ4n) is 2.12. The van der Waals surface area contributed by atoms with Gasteiger partial charge in [0.15, 0.2) is 12.4 Å². The number of Topliss-reactive ketones (excluding diaryl/α,β-unsaturated/α-hetero) is 1. The molecule has 23 heavy (non-hydrogen) atoms. The van der Waals surface area contributed by atoms with Crippen molar-refractivity contribution in [1.82, 2.24) is 0 Å². The Balaban J connectivity index is 1.83. The van der Waals surface area contributed by atoms with Gasteiger partial charge in [0.1, 0.15) is 17.3 Å². The summed E-state index contributed by atoms with van der Waals surface area (Å²) in [7, 11) is 0. The molecule has 5 nitrogen and oxygen atoms in total. The number of amides is 1. The molecule has 2 aromatic carbocycles. The van der Waals surface area contributed by atoms with Crippen molar-refractivity contribution in [3.63, 3.8) is 0 Å². The summed E-state index contributed by atoms with van der Waals surface area (Å²) >= 11 is 0. The van der Waals surface area contributed by atoms with Crippen molar-refractivity contribution in [3.05, 3.63) is 65.2 Å². The zero-order valence-electron chi connectivity index (χ0n) is 11.9. The number of ketones is 1. The fourth-order valence-corrected chi connectivity index (χ4v) is 2.12. The first kappa shape index (κ1) is 14.8. The second kappa shape index (κ2) is 5.92. The highest BCUT2D eigenvalue weighted by Crippen LogP contribution is 2.34. The Morgan fingerprint density at radius 3 is 2.65 bits per heavy atom. The van der Waals surface area contributed by atoms with E-state index < -0.39 is 5.91 Å². The van der Waals surface area contributed by atoms with Crippen LogP contribution in [0.3, 0.4) is 0 Å². The molecule has 0 fully saturated rings. The lowest BCUT2D eigenvalue weighted by atomic mass is 10.1. The van der Waals surface area contributed by atoms with Crippen LogP contribution >= 0.6 is 0 Å². The van der Waals surface area contributed by atoms with E-state index in [-0.39, 0.29) is 24.0 Å². The van der Waals surface area contributed by atoms with Gasteiger partial charge in [0.25, 0.3) is 5.91 Å². The summed E-state index contributed by atoms with van der Waals surface area (Å²) in [5.74, 6) is -0.377. The SMILES string of the molecule is NC(=O)COc1ccc2c(c1)OC(=Cc1ccc(F)cc1)C2=O. The molecule has 0 aromatic heterocycles. The minimum atomic E-state index is -0.598. The molecule has 0 bridgehead atoms. The number of benzene rings is 2. The van der Waals surface area contributed by atoms with E-state index in [1.807, 2.05) is 0 Å². The standard InChI is InChI=1S/C17H12FNO4/c18-11-3-1-10(2-4-11)7-15-17(21)13-6-5-12(8-14(13)23-15)22-9-16(19)20/h1-8H,9H2,(H2,19,20). The maximum absolute atomic E-state index is 12.9. The van der Waals surface area contributed by atoms with Crippen LogP contribution in [-0.2, 0) is 4.79 Å². The van der Waals surface area contributed by atoms with Crippen molar-refractivity contribution in [1.29, 1.82) is 0 Å². The first-order valence-electron chi connectivity index (χ1n) is 6.78. The van der Waals surface area contributed by atoms with E-state index in [0.29, 0.717) is 22.6 Å². The summed E-state index contributed by atoms with van der Waals surface area (Å²) in [6.45, 7) is -0.259. The lowest BCUT2D eigenvalue weighted by Crippen LogP contribution is -2.19. The van der Waals surface area contributed by atoms with Gasteiger partial charge in [-0.2, -0.15) is 0 Å². The Kier molecular flexibility index (Phi) is 3.80. The van der Waals surface area contributed by atoms with Crippen LogP contribution in [0.4, 0.5) is 4.39 Å². The van der Waals surface area contributed by atoms with Crippen LogP contribution in [-0.4, -0.2) is 18.3 Å². The number of primary amides is 1. The number of hydrogen-bond acceptors (Lipinski definition) is 4. The number of hydrogen-bond donors (Lipinski definition) is 1. The molecule has 0 atom stereocenters. The lowest BCUT2D eigenvalue weighted by Gasteiger charge is -2.04. The predicted molar refractivity (Wildman–Crippen MR) is 80.5 cm³/mol. The van der Waals surface area contributed by atoms with Crippen molar-refractivity contribution in [2.45, 2.75) is 0 Å². The van der Waals surface area contributed by atoms with Gasteiger partial charge in [-0.05, 0) is 35.9 Å². The topological polar surface area (TPSA) is 78.6 Å². The smallest absolute Gasteiger partial charge is 0.255 e. The molecule has 0 radical (unpaired) electrons. The Hall–Kier alpha value is -3.15.